The molecule has 0 spiro atoms. The molecule has 1 amide bonds. The van der Waals surface area contributed by atoms with E-state index in [4.69, 9.17) is 15.2 Å². The predicted octanol–water partition coefficient (Wildman–Crippen LogP) is -0.565. The third-order valence-corrected chi connectivity index (χ3v) is 3.86. The van der Waals surface area contributed by atoms with Crippen molar-refractivity contribution in [3.05, 3.63) is 0 Å². The topological polar surface area (TPSA) is 76.8 Å². The lowest BCUT2D eigenvalue weighted by molar-refractivity contribution is -0.126. The van der Waals surface area contributed by atoms with Crippen LogP contribution >= 0.6 is 0 Å². The number of nitrogens with one attached hydrogen (secondary N) is 1. The van der Waals surface area contributed by atoms with E-state index in [-0.39, 0.29) is 5.91 Å². The van der Waals surface area contributed by atoms with Gasteiger partial charge in [-0.1, -0.05) is 0 Å². The van der Waals surface area contributed by atoms with Crippen molar-refractivity contribution in [2.45, 2.75) is 18.4 Å². The Morgan fingerprint density at radius 3 is 2.16 bits per heavy atom. The van der Waals surface area contributed by atoms with Gasteiger partial charge in [0.15, 0.2) is 0 Å². The number of carbonyl (C=O) groups excluding carboxylic acids is 1. The van der Waals surface area contributed by atoms with Gasteiger partial charge >= 0.3 is 0 Å². The molecule has 0 heterocycles. The normalized spacial score (nSPS) is 18.5. The second-order valence-corrected chi connectivity index (χ2v) is 5.12. The average Bonchev–Trinajstić information content (AvgIpc) is 3.22. The van der Waals surface area contributed by atoms with Gasteiger partial charge in [-0.3, -0.25) is 9.69 Å². The summed E-state index contributed by atoms with van der Waals surface area (Å²) in [5.41, 5.74) is 5.01. The van der Waals surface area contributed by atoms with Gasteiger partial charge in [-0.15, -0.1) is 0 Å². The molecule has 0 aliphatic heterocycles. The Labute approximate surface area is 115 Å². The fraction of sp³-hybridized carbons (Fsp3) is 0.923. The van der Waals surface area contributed by atoms with Gasteiger partial charge in [-0.05, 0) is 25.8 Å². The summed E-state index contributed by atoms with van der Waals surface area (Å²) in [5, 5.41) is 3.16. The predicted molar refractivity (Wildman–Crippen MR) is 73.9 cm³/mol. The molecular weight excluding hydrogens is 246 g/mol. The zero-order valence-corrected chi connectivity index (χ0v) is 12.3. The first-order chi connectivity index (χ1) is 9.10. The molecule has 0 radical (unpaired) electrons. The quantitative estimate of drug-likeness (QED) is 0.527. The molecule has 3 N–H and O–H groups in total. The van der Waals surface area contributed by atoms with Gasteiger partial charge in [-0.25, -0.2) is 0 Å². The van der Waals surface area contributed by atoms with Gasteiger partial charge < -0.3 is 20.5 Å². The van der Waals surface area contributed by atoms with Crippen molar-refractivity contribution in [2.24, 2.45) is 11.7 Å². The molecule has 0 bridgehead atoms. The van der Waals surface area contributed by atoms with Gasteiger partial charge in [-0.2, -0.15) is 0 Å². The Hall–Kier alpha value is -0.690. The summed E-state index contributed by atoms with van der Waals surface area (Å²) in [6.45, 7) is 3.41. The van der Waals surface area contributed by atoms with E-state index in [0.717, 1.165) is 25.9 Å². The number of nitrogens with two attached hydrogens (primary N) is 1. The summed E-state index contributed by atoms with van der Waals surface area (Å²) in [4.78, 5) is 14.1. The molecule has 1 atom stereocenters. The Balaban J connectivity index is 2.68. The summed E-state index contributed by atoms with van der Waals surface area (Å²) < 4.78 is 10.2. The van der Waals surface area contributed by atoms with E-state index in [9.17, 15) is 4.79 Å². The maximum atomic E-state index is 11.9. The minimum atomic E-state index is -0.624. The first-order valence-electron chi connectivity index (χ1n) is 6.79. The van der Waals surface area contributed by atoms with Gasteiger partial charge in [0.25, 0.3) is 0 Å². The van der Waals surface area contributed by atoms with Crippen LogP contribution in [0.25, 0.3) is 0 Å². The Kier molecular flexibility index (Phi) is 6.71. The largest absolute Gasteiger partial charge is 0.383 e. The minimum Gasteiger partial charge on any atom is -0.383 e. The van der Waals surface area contributed by atoms with Crippen LogP contribution in [0.5, 0.6) is 0 Å². The lowest BCUT2D eigenvalue weighted by Gasteiger charge is -2.36. The van der Waals surface area contributed by atoms with Crippen LogP contribution < -0.4 is 11.1 Å². The number of methoxy groups -OCH3 is 2. The average molecular weight is 273 g/mol. The second kappa shape index (κ2) is 7.79. The van der Waals surface area contributed by atoms with E-state index in [2.05, 4.69) is 10.2 Å². The summed E-state index contributed by atoms with van der Waals surface area (Å²) in [5.74, 6) is 0.0833. The first kappa shape index (κ1) is 16.4. The van der Waals surface area contributed by atoms with Crippen LogP contribution in [0.2, 0.25) is 0 Å². The molecular formula is C13H27N3O3. The summed E-state index contributed by atoms with van der Waals surface area (Å²) in [6.07, 6.45) is 2.12. The van der Waals surface area contributed by atoms with E-state index < -0.39 is 5.54 Å². The second-order valence-electron chi connectivity index (χ2n) is 5.12. The smallest absolute Gasteiger partial charge is 0.239 e. The monoisotopic (exact) mass is 273 g/mol. The summed E-state index contributed by atoms with van der Waals surface area (Å²) in [7, 11) is 5.16. The van der Waals surface area contributed by atoms with E-state index >= 15 is 0 Å². The van der Waals surface area contributed by atoms with Gasteiger partial charge in [0.05, 0.1) is 13.2 Å². The molecule has 0 saturated heterocycles. The fourth-order valence-electron chi connectivity index (χ4n) is 2.45. The van der Waals surface area contributed by atoms with Crippen molar-refractivity contribution >= 4 is 5.91 Å². The SMILES string of the molecule is CNC(CN(CCOC)CCOC)(C(N)=O)C1CC1. The van der Waals surface area contributed by atoms with Crippen LogP contribution in [0.3, 0.4) is 0 Å². The van der Waals surface area contributed by atoms with Crippen molar-refractivity contribution in [2.75, 3.05) is 54.1 Å². The van der Waals surface area contributed by atoms with Crippen molar-refractivity contribution in [3.8, 4) is 0 Å². The Bertz CT molecular complexity index is 276. The van der Waals surface area contributed by atoms with Gasteiger partial charge in [0.1, 0.15) is 5.54 Å². The molecule has 6 nitrogen and oxygen atoms in total. The zero-order valence-electron chi connectivity index (χ0n) is 12.3. The van der Waals surface area contributed by atoms with Crippen LogP contribution in [0.4, 0.5) is 0 Å². The third-order valence-electron chi connectivity index (χ3n) is 3.86. The highest BCUT2D eigenvalue weighted by atomic mass is 16.5. The van der Waals surface area contributed by atoms with Crippen molar-refractivity contribution in [1.82, 2.24) is 10.2 Å². The van der Waals surface area contributed by atoms with Crippen LogP contribution in [0.15, 0.2) is 0 Å². The molecule has 1 unspecified atom stereocenters. The molecule has 1 aliphatic carbocycles. The number of ether oxygens (including phenoxy) is 2. The Morgan fingerprint density at radius 2 is 1.84 bits per heavy atom. The lowest BCUT2D eigenvalue weighted by atomic mass is 9.91. The molecule has 1 aliphatic rings. The van der Waals surface area contributed by atoms with Crippen molar-refractivity contribution in [3.63, 3.8) is 0 Å². The Morgan fingerprint density at radius 1 is 1.32 bits per heavy atom. The van der Waals surface area contributed by atoms with Gasteiger partial charge in [0, 0.05) is 33.9 Å². The number of primary amides is 1. The number of amides is 1. The highest BCUT2D eigenvalue weighted by Gasteiger charge is 2.49. The molecule has 0 aromatic heterocycles. The molecule has 1 fully saturated rings. The minimum absolute atomic E-state index is 0.266. The van der Waals surface area contributed by atoms with E-state index in [1.54, 1.807) is 14.2 Å². The zero-order chi connectivity index (χ0) is 14.3. The molecule has 0 aromatic carbocycles. The molecule has 0 aromatic rings. The number of hydrogen-bond donors (Lipinski definition) is 2. The van der Waals surface area contributed by atoms with E-state index in [0.29, 0.717) is 25.7 Å². The lowest BCUT2D eigenvalue weighted by Crippen LogP contribution is -2.62. The third kappa shape index (κ3) is 4.42. The number of carbonyl (C=O) groups is 1. The standard InChI is InChI=1S/C13H27N3O3/c1-15-13(12(14)17,11-4-5-11)10-16(6-8-18-2)7-9-19-3/h11,15H,4-10H2,1-3H3,(H2,14,17). The first-order valence-corrected chi connectivity index (χ1v) is 6.79. The molecule has 1 rings (SSSR count). The highest BCUT2D eigenvalue weighted by molar-refractivity contribution is 5.86. The fourth-order valence-corrected chi connectivity index (χ4v) is 2.45. The summed E-state index contributed by atoms with van der Waals surface area (Å²) >= 11 is 0. The number of hydrogen-bond acceptors (Lipinski definition) is 5. The number of likely N-dealkylation sites (N-methyl/N-ethyl adjacent to an activating group) is 1. The summed E-state index contributed by atoms with van der Waals surface area (Å²) in [6, 6.07) is 0. The number of nitrogens with zero attached hydrogens (tertiary/aromatic N) is 1. The maximum Gasteiger partial charge on any atom is 0.239 e. The van der Waals surface area contributed by atoms with Crippen LogP contribution in [0, 0.1) is 5.92 Å². The van der Waals surface area contributed by atoms with Crippen LogP contribution in [-0.2, 0) is 14.3 Å². The molecule has 19 heavy (non-hydrogen) atoms. The molecule has 112 valence electrons. The maximum absolute atomic E-state index is 11.9. The molecule has 6 heteroatoms. The van der Waals surface area contributed by atoms with Crippen molar-refractivity contribution in [1.29, 1.82) is 0 Å². The van der Waals surface area contributed by atoms with Crippen LogP contribution in [0.1, 0.15) is 12.8 Å². The van der Waals surface area contributed by atoms with Gasteiger partial charge in [0.2, 0.25) is 5.91 Å². The van der Waals surface area contributed by atoms with E-state index in [1.165, 1.54) is 0 Å². The van der Waals surface area contributed by atoms with Crippen LogP contribution in [-0.4, -0.2) is 70.5 Å². The highest BCUT2D eigenvalue weighted by Crippen LogP contribution is 2.40. The van der Waals surface area contributed by atoms with E-state index in [1.807, 2.05) is 7.05 Å². The molecule has 1 saturated carbocycles. The van der Waals surface area contributed by atoms with Crippen molar-refractivity contribution < 1.29 is 14.3 Å². The number of rotatable bonds is 11.